The van der Waals surface area contributed by atoms with Crippen LogP contribution in [0.3, 0.4) is 0 Å². The summed E-state index contributed by atoms with van der Waals surface area (Å²) in [5, 5.41) is 0. The molecule has 0 bridgehead atoms. The molecule has 0 aromatic rings. The van der Waals surface area contributed by atoms with Crippen LogP contribution in [0.1, 0.15) is 20.8 Å². The lowest BCUT2D eigenvalue weighted by atomic mass is 10.3. The third kappa shape index (κ3) is 4.72. The van der Waals surface area contributed by atoms with Gasteiger partial charge < -0.3 is 14.4 Å². The Morgan fingerprint density at radius 3 is 2.31 bits per heavy atom. The predicted octanol–water partition coefficient (Wildman–Crippen LogP) is 1.50. The molecule has 0 aliphatic heterocycles. The van der Waals surface area contributed by atoms with E-state index in [9.17, 15) is 4.79 Å². The Kier molecular flexibility index (Phi) is 5.46. The van der Waals surface area contributed by atoms with Crippen molar-refractivity contribution in [2.24, 2.45) is 0 Å². The fourth-order valence-corrected chi connectivity index (χ4v) is 0.818. The summed E-state index contributed by atoms with van der Waals surface area (Å²) in [6.45, 7) is 6.08. The number of carbonyl (C=O) groups excluding carboxylic acids is 1. The van der Waals surface area contributed by atoms with Crippen molar-refractivity contribution in [3.8, 4) is 0 Å². The number of nitrogens with zero attached hydrogens (tertiary/aromatic N) is 1. The van der Waals surface area contributed by atoms with Crippen LogP contribution in [0.5, 0.6) is 0 Å². The van der Waals surface area contributed by atoms with E-state index in [1.54, 1.807) is 14.2 Å². The first-order chi connectivity index (χ1) is 5.99. The first-order valence-corrected chi connectivity index (χ1v) is 4.41. The summed E-state index contributed by atoms with van der Waals surface area (Å²) >= 11 is 0. The molecule has 0 heterocycles. The Balaban J connectivity index is 3.93. The second kappa shape index (κ2) is 5.80. The molecular weight excluding hydrogens is 170 g/mol. The van der Waals surface area contributed by atoms with Crippen LogP contribution in [-0.4, -0.2) is 43.9 Å². The molecule has 1 amide bonds. The van der Waals surface area contributed by atoms with Crippen molar-refractivity contribution in [1.29, 1.82) is 0 Å². The van der Waals surface area contributed by atoms with Gasteiger partial charge in [0.1, 0.15) is 0 Å². The van der Waals surface area contributed by atoms with E-state index in [4.69, 9.17) is 9.47 Å². The van der Waals surface area contributed by atoms with E-state index >= 15 is 0 Å². The van der Waals surface area contributed by atoms with Crippen molar-refractivity contribution < 1.29 is 14.3 Å². The van der Waals surface area contributed by atoms with Crippen LogP contribution >= 0.6 is 0 Å². The second-order valence-electron chi connectivity index (χ2n) is 3.35. The van der Waals surface area contributed by atoms with E-state index in [0.717, 1.165) is 0 Å². The SMILES string of the molecule is COCC(C)N(C)C(=O)OC(C)C. The molecule has 0 saturated heterocycles. The minimum atomic E-state index is -0.306. The maximum Gasteiger partial charge on any atom is 0.410 e. The van der Waals surface area contributed by atoms with Crippen molar-refractivity contribution in [1.82, 2.24) is 4.90 Å². The number of likely N-dealkylation sites (N-methyl/N-ethyl adjacent to an activating group) is 1. The number of hydrogen-bond acceptors (Lipinski definition) is 3. The van der Waals surface area contributed by atoms with Gasteiger partial charge in [-0.15, -0.1) is 0 Å². The molecule has 0 fully saturated rings. The summed E-state index contributed by atoms with van der Waals surface area (Å²) in [5.74, 6) is 0. The number of hydrogen-bond donors (Lipinski definition) is 0. The van der Waals surface area contributed by atoms with E-state index in [1.807, 2.05) is 20.8 Å². The maximum atomic E-state index is 11.3. The van der Waals surface area contributed by atoms with Gasteiger partial charge in [-0.25, -0.2) is 4.79 Å². The number of amides is 1. The largest absolute Gasteiger partial charge is 0.447 e. The molecule has 13 heavy (non-hydrogen) atoms. The zero-order valence-corrected chi connectivity index (χ0v) is 9.03. The molecule has 78 valence electrons. The van der Waals surface area contributed by atoms with Crippen LogP contribution < -0.4 is 0 Å². The predicted molar refractivity (Wildman–Crippen MR) is 50.7 cm³/mol. The molecule has 0 spiro atoms. The normalized spacial score (nSPS) is 12.8. The Labute approximate surface area is 79.8 Å². The molecular formula is C9H19NO3. The van der Waals surface area contributed by atoms with E-state index in [0.29, 0.717) is 6.61 Å². The maximum absolute atomic E-state index is 11.3. The van der Waals surface area contributed by atoms with Crippen LogP contribution in [0.15, 0.2) is 0 Å². The summed E-state index contributed by atoms with van der Waals surface area (Å²) in [6.07, 6.45) is -0.385. The fourth-order valence-electron chi connectivity index (χ4n) is 0.818. The minimum absolute atomic E-state index is 0.0382. The van der Waals surface area contributed by atoms with Crippen molar-refractivity contribution in [3.05, 3.63) is 0 Å². The monoisotopic (exact) mass is 189 g/mol. The van der Waals surface area contributed by atoms with Crippen molar-refractivity contribution in [2.75, 3.05) is 20.8 Å². The molecule has 0 radical (unpaired) electrons. The Morgan fingerprint density at radius 2 is 1.92 bits per heavy atom. The first-order valence-electron chi connectivity index (χ1n) is 4.41. The minimum Gasteiger partial charge on any atom is -0.447 e. The number of methoxy groups -OCH3 is 1. The van der Waals surface area contributed by atoms with Gasteiger partial charge in [-0.3, -0.25) is 0 Å². The molecule has 4 nitrogen and oxygen atoms in total. The summed E-state index contributed by atoms with van der Waals surface area (Å²) < 4.78 is 9.94. The van der Waals surface area contributed by atoms with Gasteiger partial charge in [0.2, 0.25) is 0 Å². The van der Waals surface area contributed by atoms with E-state index in [1.165, 1.54) is 4.90 Å². The van der Waals surface area contributed by atoms with Crippen LogP contribution in [0.25, 0.3) is 0 Å². The average Bonchev–Trinajstić information content (AvgIpc) is 2.02. The highest BCUT2D eigenvalue weighted by Gasteiger charge is 2.17. The molecule has 0 N–H and O–H groups in total. The lowest BCUT2D eigenvalue weighted by molar-refractivity contribution is 0.0570. The van der Waals surface area contributed by atoms with Gasteiger partial charge in [-0.05, 0) is 20.8 Å². The summed E-state index contributed by atoms with van der Waals surface area (Å²) in [6, 6.07) is 0.0382. The number of ether oxygens (including phenoxy) is 2. The Morgan fingerprint density at radius 1 is 1.38 bits per heavy atom. The van der Waals surface area contributed by atoms with Crippen LogP contribution in [0.4, 0.5) is 4.79 Å². The summed E-state index contributed by atoms with van der Waals surface area (Å²) in [7, 11) is 3.31. The van der Waals surface area contributed by atoms with Crippen molar-refractivity contribution in [2.45, 2.75) is 32.9 Å². The van der Waals surface area contributed by atoms with E-state index in [2.05, 4.69) is 0 Å². The molecule has 0 aliphatic carbocycles. The zero-order valence-electron chi connectivity index (χ0n) is 9.03. The smallest absolute Gasteiger partial charge is 0.410 e. The highest BCUT2D eigenvalue weighted by molar-refractivity contribution is 5.67. The third-order valence-electron chi connectivity index (χ3n) is 1.69. The molecule has 0 rings (SSSR count). The van der Waals surface area contributed by atoms with Crippen LogP contribution in [-0.2, 0) is 9.47 Å². The van der Waals surface area contributed by atoms with Crippen molar-refractivity contribution in [3.63, 3.8) is 0 Å². The average molecular weight is 189 g/mol. The topological polar surface area (TPSA) is 38.8 Å². The quantitative estimate of drug-likeness (QED) is 0.672. The standard InChI is InChI=1S/C9H19NO3/c1-7(2)13-9(11)10(4)8(3)6-12-5/h7-8H,6H2,1-5H3. The summed E-state index contributed by atoms with van der Waals surface area (Å²) in [4.78, 5) is 12.8. The van der Waals surface area contributed by atoms with Crippen LogP contribution in [0, 0.1) is 0 Å². The third-order valence-corrected chi connectivity index (χ3v) is 1.69. The highest BCUT2D eigenvalue weighted by Crippen LogP contribution is 2.01. The van der Waals surface area contributed by atoms with Crippen LogP contribution in [0.2, 0.25) is 0 Å². The molecule has 1 unspecified atom stereocenters. The number of carbonyl (C=O) groups is 1. The molecule has 0 aromatic heterocycles. The van der Waals surface area contributed by atoms with Crippen molar-refractivity contribution >= 4 is 6.09 Å². The van der Waals surface area contributed by atoms with E-state index < -0.39 is 0 Å². The zero-order chi connectivity index (χ0) is 10.4. The second-order valence-corrected chi connectivity index (χ2v) is 3.35. The highest BCUT2D eigenvalue weighted by atomic mass is 16.6. The lowest BCUT2D eigenvalue weighted by Crippen LogP contribution is -2.39. The van der Waals surface area contributed by atoms with Gasteiger partial charge >= 0.3 is 6.09 Å². The molecule has 1 atom stereocenters. The van der Waals surface area contributed by atoms with Gasteiger partial charge in [-0.1, -0.05) is 0 Å². The lowest BCUT2D eigenvalue weighted by Gasteiger charge is -2.24. The molecule has 0 aromatic carbocycles. The fraction of sp³-hybridized carbons (Fsp3) is 0.889. The Hall–Kier alpha value is -0.770. The molecule has 0 aliphatic rings. The van der Waals surface area contributed by atoms with E-state index in [-0.39, 0.29) is 18.2 Å². The van der Waals surface area contributed by atoms with Gasteiger partial charge in [0.25, 0.3) is 0 Å². The van der Waals surface area contributed by atoms with Gasteiger partial charge in [0.15, 0.2) is 0 Å². The van der Waals surface area contributed by atoms with Gasteiger partial charge in [-0.2, -0.15) is 0 Å². The first kappa shape index (κ1) is 12.2. The molecule has 4 heteroatoms. The Bertz CT molecular complexity index is 159. The number of rotatable bonds is 4. The van der Waals surface area contributed by atoms with Gasteiger partial charge in [0.05, 0.1) is 18.8 Å². The van der Waals surface area contributed by atoms with Gasteiger partial charge in [0, 0.05) is 14.2 Å². The molecule has 0 saturated carbocycles. The summed E-state index contributed by atoms with van der Waals surface area (Å²) in [5.41, 5.74) is 0.